The van der Waals surface area contributed by atoms with Crippen molar-refractivity contribution < 1.29 is 5.11 Å². The van der Waals surface area contributed by atoms with Gasteiger partial charge in [0.15, 0.2) is 0 Å². The summed E-state index contributed by atoms with van der Waals surface area (Å²) in [6.07, 6.45) is 4.43. The number of hydrogen-bond donors (Lipinski definition) is 1. The molecule has 0 radical (unpaired) electrons. The van der Waals surface area contributed by atoms with Gasteiger partial charge in [0.1, 0.15) is 0 Å². The number of aliphatic hydroxyl groups excluding tert-OH is 1. The van der Waals surface area contributed by atoms with Gasteiger partial charge in [-0.05, 0) is 54.8 Å². The number of rotatable bonds is 4. The molecule has 0 bridgehead atoms. The molecular formula is C15H16O. The third-order valence-electron chi connectivity index (χ3n) is 1.57. The Bertz CT molecular complexity index is 401. The van der Waals surface area contributed by atoms with E-state index in [4.69, 9.17) is 5.11 Å². The van der Waals surface area contributed by atoms with Crippen molar-refractivity contribution in [2.45, 2.75) is 39.0 Å². The Morgan fingerprint density at radius 1 is 0.750 bits per heavy atom. The van der Waals surface area contributed by atoms with Gasteiger partial charge in [0.05, 0.1) is 0 Å². The van der Waals surface area contributed by atoms with E-state index in [-0.39, 0.29) is 6.61 Å². The summed E-state index contributed by atoms with van der Waals surface area (Å²) >= 11 is 0. The predicted octanol–water partition coefficient (Wildman–Crippen LogP) is 1.96. The lowest BCUT2D eigenvalue weighted by atomic mass is 10.2. The molecule has 0 atom stereocenters. The standard InChI is InChI=1S/C15H16O/c1-2-3-4-5-6-7-8-9-10-11-12-13-14-15-16/h16H,2-3,12-15H2,1H3. The molecule has 1 nitrogen and oxygen atoms in total. The topological polar surface area (TPSA) is 20.2 Å². The van der Waals surface area contributed by atoms with E-state index in [9.17, 15) is 0 Å². The van der Waals surface area contributed by atoms with Crippen molar-refractivity contribution in [3.8, 4) is 47.4 Å². The average molecular weight is 212 g/mol. The fourth-order valence-corrected chi connectivity index (χ4v) is 0.789. The normalized spacial score (nSPS) is 6.88. The van der Waals surface area contributed by atoms with Gasteiger partial charge < -0.3 is 5.11 Å². The van der Waals surface area contributed by atoms with E-state index >= 15 is 0 Å². The van der Waals surface area contributed by atoms with E-state index in [1.165, 1.54) is 0 Å². The van der Waals surface area contributed by atoms with Crippen molar-refractivity contribution in [2.24, 2.45) is 0 Å². The molecule has 16 heavy (non-hydrogen) atoms. The van der Waals surface area contributed by atoms with Crippen LogP contribution in [0.25, 0.3) is 0 Å². The third kappa shape index (κ3) is 12.2. The van der Waals surface area contributed by atoms with Gasteiger partial charge in [-0.1, -0.05) is 18.8 Å². The summed E-state index contributed by atoms with van der Waals surface area (Å²) in [4.78, 5) is 0. The average Bonchev–Trinajstić information content (AvgIpc) is 2.31. The zero-order valence-corrected chi connectivity index (χ0v) is 9.69. The van der Waals surface area contributed by atoms with E-state index in [0.29, 0.717) is 0 Å². The summed E-state index contributed by atoms with van der Waals surface area (Å²) in [6, 6.07) is 0. The fourth-order valence-electron chi connectivity index (χ4n) is 0.789. The highest BCUT2D eigenvalue weighted by atomic mass is 16.2. The zero-order valence-electron chi connectivity index (χ0n) is 9.69. The molecule has 0 aromatic heterocycles. The summed E-state index contributed by atoms with van der Waals surface area (Å²) in [5.74, 6) is 21.7. The smallest absolute Gasteiger partial charge is 0.0431 e. The van der Waals surface area contributed by atoms with Gasteiger partial charge in [0.25, 0.3) is 0 Å². The molecule has 0 heterocycles. The van der Waals surface area contributed by atoms with Crippen LogP contribution in [-0.4, -0.2) is 11.7 Å². The van der Waals surface area contributed by atoms with Crippen molar-refractivity contribution in [1.29, 1.82) is 0 Å². The van der Waals surface area contributed by atoms with Gasteiger partial charge in [-0.2, -0.15) is 0 Å². The highest BCUT2D eigenvalue weighted by molar-refractivity contribution is 5.39. The Hall–Kier alpha value is -1.80. The fraction of sp³-hybridized carbons (Fsp3) is 0.467. The van der Waals surface area contributed by atoms with E-state index in [2.05, 4.69) is 54.3 Å². The second-order valence-electron chi connectivity index (χ2n) is 3.03. The van der Waals surface area contributed by atoms with E-state index < -0.39 is 0 Å². The minimum absolute atomic E-state index is 0.231. The van der Waals surface area contributed by atoms with Gasteiger partial charge in [0, 0.05) is 19.4 Å². The Morgan fingerprint density at radius 3 is 1.88 bits per heavy atom. The lowest BCUT2D eigenvalue weighted by molar-refractivity contribution is 0.285. The summed E-state index contributed by atoms with van der Waals surface area (Å²) in [7, 11) is 0. The molecule has 0 aliphatic carbocycles. The van der Waals surface area contributed by atoms with Gasteiger partial charge >= 0.3 is 0 Å². The highest BCUT2D eigenvalue weighted by Gasteiger charge is 1.79. The molecule has 0 spiro atoms. The van der Waals surface area contributed by atoms with Crippen LogP contribution in [0.5, 0.6) is 0 Å². The molecule has 0 saturated carbocycles. The molecule has 0 aliphatic heterocycles. The Morgan fingerprint density at radius 2 is 1.31 bits per heavy atom. The minimum atomic E-state index is 0.231. The van der Waals surface area contributed by atoms with Crippen LogP contribution < -0.4 is 0 Å². The molecule has 1 N–H and O–H groups in total. The Kier molecular flexibility index (Phi) is 11.7. The Balaban J connectivity index is 3.73. The van der Waals surface area contributed by atoms with Crippen LogP contribution in [0.3, 0.4) is 0 Å². The molecule has 0 rings (SSSR count). The van der Waals surface area contributed by atoms with Crippen molar-refractivity contribution in [2.75, 3.05) is 6.61 Å². The van der Waals surface area contributed by atoms with E-state index in [0.717, 1.165) is 32.1 Å². The van der Waals surface area contributed by atoms with Crippen LogP contribution in [-0.2, 0) is 0 Å². The molecule has 0 aromatic carbocycles. The lowest BCUT2D eigenvalue weighted by Gasteiger charge is -1.86. The minimum Gasteiger partial charge on any atom is -0.396 e. The van der Waals surface area contributed by atoms with Crippen LogP contribution in [0.15, 0.2) is 0 Å². The highest BCUT2D eigenvalue weighted by Crippen LogP contribution is 1.90. The third-order valence-corrected chi connectivity index (χ3v) is 1.57. The maximum atomic E-state index is 8.52. The van der Waals surface area contributed by atoms with Crippen LogP contribution in [0, 0.1) is 47.4 Å². The monoisotopic (exact) mass is 212 g/mol. The Labute approximate surface area is 98.6 Å². The molecule has 0 amide bonds. The second kappa shape index (κ2) is 13.2. The molecule has 0 unspecified atom stereocenters. The van der Waals surface area contributed by atoms with Gasteiger partial charge in [0.2, 0.25) is 0 Å². The van der Waals surface area contributed by atoms with Crippen LogP contribution in [0.2, 0.25) is 0 Å². The van der Waals surface area contributed by atoms with Crippen molar-refractivity contribution in [3.63, 3.8) is 0 Å². The maximum Gasteiger partial charge on any atom is 0.0431 e. The second-order valence-corrected chi connectivity index (χ2v) is 3.03. The van der Waals surface area contributed by atoms with Gasteiger partial charge in [-0.25, -0.2) is 0 Å². The first-order valence-electron chi connectivity index (χ1n) is 5.48. The molecular weight excluding hydrogens is 196 g/mol. The van der Waals surface area contributed by atoms with Gasteiger partial charge in [-0.3, -0.25) is 0 Å². The lowest BCUT2D eigenvalue weighted by Crippen LogP contribution is -1.80. The molecule has 0 fully saturated rings. The van der Waals surface area contributed by atoms with E-state index in [1.807, 2.05) is 0 Å². The van der Waals surface area contributed by atoms with Crippen LogP contribution in [0.1, 0.15) is 39.0 Å². The summed E-state index contributed by atoms with van der Waals surface area (Å²) < 4.78 is 0. The molecule has 0 aromatic rings. The maximum absolute atomic E-state index is 8.52. The molecule has 0 aliphatic rings. The molecule has 1 heteroatoms. The van der Waals surface area contributed by atoms with E-state index in [1.54, 1.807) is 0 Å². The number of aliphatic hydroxyl groups is 1. The number of unbranched alkanes of at least 4 members (excludes halogenated alkanes) is 3. The number of hydrogen-bond acceptors (Lipinski definition) is 1. The molecule has 0 saturated heterocycles. The predicted molar refractivity (Wildman–Crippen MR) is 66.9 cm³/mol. The largest absolute Gasteiger partial charge is 0.396 e. The first-order chi connectivity index (χ1) is 7.91. The van der Waals surface area contributed by atoms with Crippen molar-refractivity contribution in [1.82, 2.24) is 0 Å². The SMILES string of the molecule is CCCC#CC#CC#CC#CCCCCO. The summed E-state index contributed by atoms with van der Waals surface area (Å²) in [6.45, 7) is 2.31. The van der Waals surface area contributed by atoms with Crippen LogP contribution >= 0.6 is 0 Å². The van der Waals surface area contributed by atoms with Gasteiger partial charge in [-0.15, -0.1) is 0 Å². The summed E-state index contributed by atoms with van der Waals surface area (Å²) in [5.41, 5.74) is 0. The first-order valence-corrected chi connectivity index (χ1v) is 5.48. The first kappa shape index (κ1) is 14.2. The van der Waals surface area contributed by atoms with Crippen LogP contribution in [0.4, 0.5) is 0 Å². The zero-order chi connectivity index (χ0) is 11.9. The van der Waals surface area contributed by atoms with Crippen molar-refractivity contribution in [3.05, 3.63) is 0 Å². The molecule has 82 valence electrons. The summed E-state index contributed by atoms with van der Waals surface area (Å²) in [5, 5.41) is 8.52. The quantitative estimate of drug-likeness (QED) is 0.558. The van der Waals surface area contributed by atoms with Crippen molar-refractivity contribution >= 4 is 0 Å².